The molecule has 156 valence electrons. The molecular weight excluding hydrogens is 397 g/mol. The lowest BCUT2D eigenvalue weighted by atomic mass is 9.80. The van der Waals surface area contributed by atoms with Crippen molar-refractivity contribution in [3.8, 4) is 11.3 Å². The number of halogens is 6. The molecule has 0 unspecified atom stereocenters. The molecule has 3 rings (SSSR count). The van der Waals surface area contributed by atoms with Gasteiger partial charge >= 0.3 is 19.4 Å². The maximum Gasteiger partial charge on any atom is 0.416 e. The first-order valence-corrected chi connectivity index (χ1v) is 9.14. The minimum absolute atomic E-state index is 0.0258. The third-order valence-electron chi connectivity index (χ3n) is 5.13. The second kappa shape index (κ2) is 7.99. The van der Waals surface area contributed by atoms with Crippen LogP contribution in [0.15, 0.2) is 36.4 Å². The highest BCUT2D eigenvalue weighted by molar-refractivity contribution is 6.45. The lowest BCUT2D eigenvalue weighted by molar-refractivity contribution is -0.143. The van der Waals surface area contributed by atoms with Crippen LogP contribution >= 0.6 is 0 Å². The second-order valence-electron chi connectivity index (χ2n) is 7.18. The number of hydrogen-bond acceptors (Lipinski definition) is 3. The third kappa shape index (κ3) is 5.11. The fourth-order valence-electron chi connectivity index (χ4n) is 3.51. The van der Waals surface area contributed by atoms with Crippen molar-refractivity contribution in [2.24, 2.45) is 0 Å². The number of nitrogens with zero attached hydrogens (tertiary/aromatic N) is 2. The molecule has 1 saturated heterocycles. The van der Waals surface area contributed by atoms with Crippen LogP contribution in [0.25, 0.3) is 11.3 Å². The monoisotopic (exact) mass is 416 g/mol. The van der Waals surface area contributed by atoms with E-state index >= 15 is 0 Å². The van der Waals surface area contributed by atoms with Crippen molar-refractivity contribution in [2.45, 2.75) is 37.9 Å². The van der Waals surface area contributed by atoms with Gasteiger partial charge in [0.1, 0.15) is 0 Å². The lowest BCUT2D eigenvalue weighted by Gasteiger charge is -2.32. The highest BCUT2D eigenvalue weighted by Crippen LogP contribution is 2.38. The van der Waals surface area contributed by atoms with Crippen LogP contribution in [0, 0.1) is 0 Å². The predicted octanol–water partition coefficient (Wildman–Crippen LogP) is 5.08. The van der Waals surface area contributed by atoms with E-state index in [9.17, 15) is 31.4 Å². The van der Waals surface area contributed by atoms with E-state index in [1.165, 1.54) is 6.07 Å². The van der Waals surface area contributed by atoms with Gasteiger partial charge in [-0.25, -0.2) is 0 Å². The normalized spacial score (nSPS) is 16.8. The first kappa shape index (κ1) is 21.6. The van der Waals surface area contributed by atoms with Gasteiger partial charge in [0, 0.05) is 17.2 Å². The molecule has 2 heterocycles. The minimum atomic E-state index is -4.90. The minimum Gasteiger partial charge on any atom is -0.437 e. The highest BCUT2D eigenvalue weighted by atomic mass is 19.4. The first-order valence-electron chi connectivity index (χ1n) is 9.14. The maximum atomic E-state index is 13.1. The molecule has 0 atom stereocenters. The summed E-state index contributed by atoms with van der Waals surface area (Å²) in [5.41, 5.74) is -2.26. The van der Waals surface area contributed by atoms with Gasteiger partial charge in [-0.1, -0.05) is 6.07 Å². The van der Waals surface area contributed by atoms with E-state index in [0.29, 0.717) is 43.8 Å². The van der Waals surface area contributed by atoms with E-state index in [2.05, 4.69) is 4.98 Å². The molecule has 0 radical (unpaired) electrons. The molecule has 0 bridgehead atoms. The Morgan fingerprint density at radius 2 is 1.52 bits per heavy atom. The molecule has 29 heavy (non-hydrogen) atoms. The molecule has 0 aliphatic carbocycles. The van der Waals surface area contributed by atoms with Crippen LogP contribution in [0.4, 0.5) is 26.3 Å². The van der Waals surface area contributed by atoms with Crippen LogP contribution in [0.2, 0.25) is 6.82 Å². The predicted molar refractivity (Wildman–Crippen MR) is 97.1 cm³/mol. The number of aromatic nitrogens is 1. The summed E-state index contributed by atoms with van der Waals surface area (Å²) in [6, 6.07) is 6.22. The summed E-state index contributed by atoms with van der Waals surface area (Å²) in [6.07, 6.45) is -8.42. The topological polar surface area (TPSA) is 36.4 Å². The molecule has 10 heteroatoms. The van der Waals surface area contributed by atoms with Crippen LogP contribution < -0.4 is 0 Å². The zero-order valence-electron chi connectivity index (χ0n) is 15.6. The van der Waals surface area contributed by atoms with Crippen molar-refractivity contribution in [1.29, 1.82) is 0 Å². The summed E-state index contributed by atoms with van der Waals surface area (Å²) in [4.78, 5) is 6.26. The number of pyridine rings is 1. The summed E-state index contributed by atoms with van der Waals surface area (Å²) in [6.45, 7) is 2.94. The third-order valence-corrected chi connectivity index (χ3v) is 5.13. The number of rotatable bonds is 3. The molecule has 1 N–H and O–H groups in total. The average Bonchev–Trinajstić information content (AvgIpc) is 2.66. The Morgan fingerprint density at radius 3 is 2.00 bits per heavy atom. The summed E-state index contributed by atoms with van der Waals surface area (Å²) in [5, 5.41) is 9.64. The Morgan fingerprint density at radius 1 is 0.966 bits per heavy atom. The van der Waals surface area contributed by atoms with Gasteiger partial charge in [0.25, 0.3) is 0 Å². The first-order chi connectivity index (χ1) is 13.4. The molecule has 1 aromatic heterocycles. The summed E-state index contributed by atoms with van der Waals surface area (Å²) in [5.74, 6) is 0.0258. The number of piperidine rings is 1. The molecule has 0 saturated carbocycles. The van der Waals surface area contributed by atoms with Crippen LogP contribution in [0.1, 0.15) is 35.6 Å². The van der Waals surface area contributed by atoms with Crippen molar-refractivity contribution in [1.82, 2.24) is 9.79 Å². The van der Waals surface area contributed by atoms with E-state index < -0.39 is 30.5 Å². The second-order valence-corrected chi connectivity index (χ2v) is 7.18. The molecule has 3 nitrogen and oxygen atoms in total. The van der Waals surface area contributed by atoms with Gasteiger partial charge in [0.2, 0.25) is 0 Å². The number of hydrogen-bond donors (Lipinski definition) is 1. The standard InChI is InChI=1S/C19H19BF6N2O/c1-20(29)28-7-5-12(6-8-28)16-3-2-4-17(27-16)13-9-14(18(21,22)23)11-15(10-13)19(24,25)26/h2-4,9-12,29H,5-8H2,1H3. The molecule has 0 spiro atoms. The van der Waals surface area contributed by atoms with Crippen LogP contribution in [0.5, 0.6) is 0 Å². The SMILES string of the molecule is CB(O)N1CCC(c2cccc(-c3cc(C(F)(F)F)cc(C(F)(F)F)c3)n2)CC1. The quantitative estimate of drug-likeness (QED) is 0.561. The van der Waals surface area contributed by atoms with Crippen molar-refractivity contribution in [2.75, 3.05) is 13.1 Å². The van der Waals surface area contributed by atoms with Gasteiger partial charge in [-0.15, -0.1) is 0 Å². The summed E-state index contributed by atoms with van der Waals surface area (Å²) in [7, 11) is -0.568. The van der Waals surface area contributed by atoms with Gasteiger partial charge in [0.05, 0.1) is 16.8 Å². The van der Waals surface area contributed by atoms with Crippen molar-refractivity contribution < 1.29 is 31.4 Å². The summed E-state index contributed by atoms with van der Waals surface area (Å²) >= 11 is 0. The fraction of sp³-hybridized carbons (Fsp3) is 0.421. The molecule has 1 aliphatic rings. The highest BCUT2D eigenvalue weighted by Gasteiger charge is 2.37. The molecule has 1 aromatic carbocycles. The van der Waals surface area contributed by atoms with Crippen LogP contribution in [0.3, 0.4) is 0 Å². The van der Waals surface area contributed by atoms with Crippen LogP contribution in [-0.4, -0.2) is 35.0 Å². The Labute approximate surface area is 164 Å². The largest absolute Gasteiger partial charge is 0.437 e. The van der Waals surface area contributed by atoms with E-state index in [1.807, 2.05) is 4.81 Å². The zero-order valence-corrected chi connectivity index (χ0v) is 15.6. The molecule has 2 aromatic rings. The molecule has 1 aliphatic heterocycles. The fourth-order valence-corrected chi connectivity index (χ4v) is 3.51. The van der Waals surface area contributed by atoms with E-state index in [4.69, 9.17) is 0 Å². The van der Waals surface area contributed by atoms with E-state index in [1.54, 1.807) is 19.0 Å². The van der Waals surface area contributed by atoms with Gasteiger partial charge in [-0.05, 0) is 63.1 Å². The average molecular weight is 416 g/mol. The smallest absolute Gasteiger partial charge is 0.416 e. The number of alkyl halides is 6. The van der Waals surface area contributed by atoms with E-state index in [-0.39, 0.29) is 23.2 Å². The van der Waals surface area contributed by atoms with Gasteiger partial charge in [-0.2, -0.15) is 26.3 Å². The maximum absolute atomic E-state index is 13.1. The molecule has 1 fully saturated rings. The molecular formula is C19H19BF6N2O. The summed E-state index contributed by atoms with van der Waals surface area (Å²) < 4.78 is 78.7. The number of benzene rings is 1. The van der Waals surface area contributed by atoms with Gasteiger partial charge in [-0.3, -0.25) is 4.98 Å². The Kier molecular flexibility index (Phi) is 5.96. The van der Waals surface area contributed by atoms with Gasteiger partial charge in [0.15, 0.2) is 0 Å². The van der Waals surface area contributed by atoms with Crippen molar-refractivity contribution >= 4 is 7.05 Å². The van der Waals surface area contributed by atoms with Gasteiger partial charge < -0.3 is 9.83 Å². The Hall–Kier alpha value is -2.07. The lowest BCUT2D eigenvalue weighted by Crippen LogP contribution is -2.42. The van der Waals surface area contributed by atoms with E-state index in [0.717, 1.165) is 0 Å². The molecule has 0 amide bonds. The Bertz CT molecular complexity index is 828. The van der Waals surface area contributed by atoms with Crippen molar-refractivity contribution in [3.05, 3.63) is 53.2 Å². The zero-order chi connectivity index (χ0) is 21.4. The Balaban J connectivity index is 1.94. The van der Waals surface area contributed by atoms with Crippen molar-refractivity contribution in [3.63, 3.8) is 0 Å². The van der Waals surface area contributed by atoms with Crippen LogP contribution in [-0.2, 0) is 12.4 Å².